The molecule has 3 aromatic carbocycles. The van der Waals surface area contributed by atoms with Gasteiger partial charge < -0.3 is 14.8 Å². The molecule has 1 heterocycles. The van der Waals surface area contributed by atoms with Gasteiger partial charge in [0.15, 0.2) is 5.17 Å². The lowest BCUT2D eigenvalue weighted by molar-refractivity contribution is -0.129. The van der Waals surface area contributed by atoms with Crippen LogP contribution >= 0.6 is 34.4 Å². The number of halogens is 1. The Morgan fingerprint density at radius 1 is 1.00 bits per heavy atom. The number of rotatable bonds is 8. The van der Waals surface area contributed by atoms with E-state index in [0.29, 0.717) is 29.5 Å². The summed E-state index contributed by atoms with van der Waals surface area (Å²) in [5, 5.41) is 2.85. The van der Waals surface area contributed by atoms with Crippen LogP contribution < -0.4 is 14.8 Å². The predicted molar refractivity (Wildman–Crippen MR) is 152 cm³/mol. The van der Waals surface area contributed by atoms with Crippen molar-refractivity contribution < 1.29 is 19.1 Å². The normalized spacial score (nSPS) is 16.6. The number of carbonyl (C=O) groups excluding carboxylic acids is 2. The van der Waals surface area contributed by atoms with Crippen LogP contribution in [0.25, 0.3) is 0 Å². The van der Waals surface area contributed by atoms with E-state index in [1.807, 2.05) is 72.8 Å². The molecular weight excluding hydrogens is 589 g/mol. The van der Waals surface area contributed by atoms with Crippen LogP contribution in [0, 0.1) is 3.57 Å². The fourth-order valence-corrected chi connectivity index (χ4v) is 5.10. The average Bonchev–Trinajstić information content (AvgIpc) is 2.90. The number of ether oxygens (including phenoxy) is 2. The molecule has 0 radical (unpaired) electrons. The molecule has 0 spiro atoms. The van der Waals surface area contributed by atoms with Gasteiger partial charge in [0.2, 0.25) is 11.8 Å². The molecule has 7 nitrogen and oxygen atoms in total. The number of aliphatic imine (C=N–C) groups is 1. The van der Waals surface area contributed by atoms with Gasteiger partial charge in [-0.05, 0) is 95.2 Å². The molecule has 1 unspecified atom stereocenters. The lowest BCUT2D eigenvalue weighted by Crippen LogP contribution is -2.46. The van der Waals surface area contributed by atoms with Gasteiger partial charge in [-0.25, -0.2) is 4.99 Å². The standard InChI is InChI=1S/C27H26IN3O4S/c1-34-22-11-3-18(4-12-22)15-16-31-25(32)17-24(26(33)29-20-7-5-19(28)6-8-20)36-27(31)30-21-9-13-23(35-2)14-10-21/h3-14,24H,15-17H2,1-2H3,(H,29,33). The third kappa shape index (κ3) is 6.79. The van der Waals surface area contributed by atoms with Crippen molar-refractivity contribution in [3.05, 3.63) is 81.9 Å². The van der Waals surface area contributed by atoms with E-state index in [9.17, 15) is 9.59 Å². The topological polar surface area (TPSA) is 80.2 Å². The average molecular weight is 615 g/mol. The lowest BCUT2D eigenvalue weighted by Gasteiger charge is -2.32. The molecule has 9 heteroatoms. The Morgan fingerprint density at radius 3 is 2.22 bits per heavy atom. The Labute approximate surface area is 228 Å². The van der Waals surface area contributed by atoms with Crippen LogP contribution in [0.1, 0.15) is 12.0 Å². The number of hydrogen-bond donors (Lipinski definition) is 1. The number of hydrogen-bond acceptors (Lipinski definition) is 6. The van der Waals surface area contributed by atoms with Gasteiger partial charge in [0.05, 0.1) is 19.9 Å². The third-order valence-corrected chi connectivity index (χ3v) is 7.53. The second-order valence-corrected chi connectivity index (χ2v) is 10.5. The molecule has 0 bridgehead atoms. The van der Waals surface area contributed by atoms with Crippen molar-refractivity contribution >= 4 is 62.7 Å². The molecule has 1 saturated heterocycles. The van der Waals surface area contributed by atoms with Crippen molar-refractivity contribution in [1.82, 2.24) is 4.90 Å². The van der Waals surface area contributed by atoms with Crippen molar-refractivity contribution in [2.75, 3.05) is 26.1 Å². The SMILES string of the molecule is COc1ccc(CCN2C(=O)CC(C(=O)Nc3ccc(I)cc3)SC2=Nc2ccc(OC)cc2)cc1. The second kappa shape index (κ2) is 12.3. The molecule has 0 saturated carbocycles. The molecule has 0 aromatic heterocycles. The van der Waals surface area contributed by atoms with Gasteiger partial charge in [0, 0.05) is 22.2 Å². The molecule has 3 aromatic rings. The molecule has 4 rings (SSSR count). The molecule has 1 fully saturated rings. The fourth-order valence-electron chi connectivity index (χ4n) is 3.62. The molecule has 0 aliphatic carbocycles. The molecular formula is C27H26IN3O4S. The fraction of sp³-hybridized carbons (Fsp3) is 0.222. The highest BCUT2D eigenvalue weighted by Gasteiger charge is 2.35. The number of methoxy groups -OCH3 is 2. The zero-order valence-corrected chi connectivity index (χ0v) is 22.9. The highest BCUT2D eigenvalue weighted by Crippen LogP contribution is 2.31. The first-order valence-electron chi connectivity index (χ1n) is 11.3. The summed E-state index contributed by atoms with van der Waals surface area (Å²) in [4.78, 5) is 32.7. The summed E-state index contributed by atoms with van der Waals surface area (Å²) >= 11 is 3.52. The number of carbonyl (C=O) groups is 2. The zero-order chi connectivity index (χ0) is 25.5. The molecule has 36 heavy (non-hydrogen) atoms. The van der Waals surface area contributed by atoms with E-state index < -0.39 is 5.25 Å². The predicted octanol–water partition coefficient (Wildman–Crippen LogP) is 5.51. The minimum Gasteiger partial charge on any atom is -0.497 e. The number of thioether (sulfide) groups is 1. The summed E-state index contributed by atoms with van der Waals surface area (Å²) in [6.07, 6.45) is 0.753. The van der Waals surface area contributed by atoms with E-state index in [0.717, 1.165) is 20.6 Å². The minimum absolute atomic E-state index is 0.102. The van der Waals surface area contributed by atoms with E-state index in [4.69, 9.17) is 14.5 Å². The van der Waals surface area contributed by atoms with E-state index in [2.05, 4.69) is 27.9 Å². The van der Waals surface area contributed by atoms with Gasteiger partial charge in [0.25, 0.3) is 0 Å². The quantitative estimate of drug-likeness (QED) is 0.338. The van der Waals surface area contributed by atoms with Crippen LogP contribution in [0.2, 0.25) is 0 Å². The largest absolute Gasteiger partial charge is 0.497 e. The molecule has 186 valence electrons. The number of amides is 2. The van der Waals surface area contributed by atoms with Gasteiger partial charge in [-0.2, -0.15) is 0 Å². The van der Waals surface area contributed by atoms with Gasteiger partial charge in [-0.15, -0.1) is 0 Å². The van der Waals surface area contributed by atoms with E-state index in [1.54, 1.807) is 19.1 Å². The Hall–Kier alpha value is -3.05. The summed E-state index contributed by atoms with van der Waals surface area (Å²) < 4.78 is 11.5. The smallest absolute Gasteiger partial charge is 0.238 e. The summed E-state index contributed by atoms with van der Waals surface area (Å²) in [7, 11) is 3.24. The van der Waals surface area contributed by atoms with Crippen LogP contribution in [0.15, 0.2) is 77.8 Å². The maximum absolute atomic E-state index is 13.2. The number of amidine groups is 1. The summed E-state index contributed by atoms with van der Waals surface area (Å²) in [5.41, 5.74) is 2.46. The first kappa shape index (κ1) is 26.0. The number of anilines is 1. The zero-order valence-electron chi connectivity index (χ0n) is 19.9. The highest BCUT2D eigenvalue weighted by molar-refractivity contribution is 14.1. The number of nitrogens with one attached hydrogen (secondary N) is 1. The second-order valence-electron chi connectivity index (χ2n) is 8.04. The van der Waals surface area contributed by atoms with Crippen LogP contribution in [-0.4, -0.2) is 47.9 Å². The Bertz CT molecular complexity index is 1230. The van der Waals surface area contributed by atoms with Crippen LogP contribution in [0.3, 0.4) is 0 Å². The maximum atomic E-state index is 13.2. The monoisotopic (exact) mass is 615 g/mol. The molecule has 1 aliphatic rings. The van der Waals surface area contributed by atoms with Crippen molar-refractivity contribution in [3.8, 4) is 11.5 Å². The number of benzene rings is 3. The van der Waals surface area contributed by atoms with Crippen LogP contribution in [0.4, 0.5) is 11.4 Å². The van der Waals surface area contributed by atoms with E-state index in [-0.39, 0.29) is 18.2 Å². The van der Waals surface area contributed by atoms with E-state index in [1.165, 1.54) is 11.8 Å². The van der Waals surface area contributed by atoms with Gasteiger partial charge in [0.1, 0.15) is 16.7 Å². The first-order chi connectivity index (χ1) is 17.4. The van der Waals surface area contributed by atoms with Crippen LogP contribution in [-0.2, 0) is 16.0 Å². The van der Waals surface area contributed by atoms with Gasteiger partial charge >= 0.3 is 0 Å². The molecule has 1 aliphatic heterocycles. The summed E-state index contributed by atoms with van der Waals surface area (Å²) in [5.74, 6) is 1.16. The van der Waals surface area contributed by atoms with E-state index >= 15 is 0 Å². The summed E-state index contributed by atoms with van der Waals surface area (Å²) in [6, 6.07) is 22.6. The number of nitrogens with zero attached hydrogens (tertiary/aromatic N) is 2. The van der Waals surface area contributed by atoms with Crippen molar-refractivity contribution in [2.45, 2.75) is 18.1 Å². The molecule has 1 N–H and O–H groups in total. The Morgan fingerprint density at radius 2 is 1.61 bits per heavy atom. The third-order valence-electron chi connectivity index (χ3n) is 5.62. The van der Waals surface area contributed by atoms with Crippen molar-refractivity contribution in [2.24, 2.45) is 4.99 Å². The van der Waals surface area contributed by atoms with Crippen LogP contribution in [0.5, 0.6) is 11.5 Å². The molecule has 2 amide bonds. The minimum atomic E-state index is -0.578. The summed E-state index contributed by atoms with van der Waals surface area (Å²) in [6.45, 7) is 0.457. The Balaban J connectivity index is 1.54. The highest BCUT2D eigenvalue weighted by atomic mass is 127. The lowest BCUT2D eigenvalue weighted by atomic mass is 10.1. The first-order valence-corrected chi connectivity index (χ1v) is 13.3. The van der Waals surface area contributed by atoms with Crippen molar-refractivity contribution in [3.63, 3.8) is 0 Å². The molecule has 1 atom stereocenters. The van der Waals surface area contributed by atoms with Gasteiger partial charge in [-0.1, -0.05) is 23.9 Å². The Kier molecular flexibility index (Phi) is 8.87. The van der Waals surface area contributed by atoms with Gasteiger partial charge in [-0.3, -0.25) is 14.5 Å². The van der Waals surface area contributed by atoms with Crippen molar-refractivity contribution in [1.29, 1.82) is 0 Å². The maximum Gasteiger partial charge on any atom is 0.238 e.